The largest absolute Gasteiger partial charge is 0.451 e. The standard InChI is InChI=1S/C67H84ClN13O17/c1-42(2)61(75-40-57(84)72-21-20-71-56(83)18-28-93-30-32-95-34-35-96-33-31-94-29-24-73-55(82)17-25-80-58(85)15-16-59(80)86)64(89)78-50(8-5-19-74-66(69)91)63(88)76-46-11-9-43(10-12-46)62(87)77-47-13-14-52-44(36-47)37-54(97-52)65(90)81-41-45(39-68)60-49-7-4-3-6-48(49)53(38-51(60)81)98-67(92)79-26-22-70-23-27-79/h3-4,6-7,9-16,36-38,42,45,50,61,70,75H,5,8,17-35,39-41H2,1-2H3,(H,71,83)(H,72,84)(H,73,82)(H,76,88)(H,77,87)(H,78,89)(H3,69,74,91)/t45-,50?,61+/m1/s1. The maximum absolute atomic E-state index is 14.4. The minimum absolute atomic E-state index is 0.00182. The number of halogens is 1. The molecule has 8 rings (SSSR count). The molecule has 0 radical (unpaired) electrons. The number of primary amides is 1. The van der Waals surface area contributed by atoms with Crippen molar-refractivity contribution in [3.63, 3.8) is 0 Å². The predicted molar refractivity (Wildman–Crippen MR) is 362 cm³/mol. The van der Waals surface area contributed by atoms with Gasteiger partial charge in [-0.05, 0) is 78.2 Å². The van der Waals surface area contributed by atoms with Crippen LogP contribution in [-0.2, 0) is 52.5 Å². The number of imide groups is 1. The summed E-state index contributed by atoms with van der Waals surface area (Å²) in [6.45, 7) is 8.68. The van der Waals surface area contributed by atoms with Crippen molar-refractivity contribution in [3.05, 3.63) is 108 Å². The number of hydrogen-bond acceptors (Lipinski definition) is 19. The molecular formula is C67H84ClN13O17. The van der Waals surface area contributed by atoms with Gasteiger partial charge in [-0.25, -0.2) is 9.59 Å². The Labute approximate surface area is 570 Å². The van der Waals surface area contributed by atoms with Gasteiger partial charge < -0.3 is 86.2 Å². The molecule has 0 bridgehead atoms. The Morgan fingerprint density at radius 1 is 0.684 bits per heavy atom. The van der Waals surface area contributed by atoms with Crippen LogP contribution < -0.4 is 63.2 Å². The molecule has 3 aliphatic heterocycles. The number of fused-ring (bicyclic) bond motifs is 4. The van der Waals surface area contributed by atoms with Gasteiger partial charge in [0.15, 0.2) is 5.76 Å². The average molecular weight is 1380 g/mol. The maximum atomic E-state index is 14.4. The Morgan fingerprint density at radius 2 is 1.32 bits per heavy atom. The summed E-state index contributed by atoms with van der Waals surface area (Å²) in [4.78, 5) is 145. The van der Waals surface area contributed by atoms with E-state index in [4.69, 9.17) is 45.4 Å². The highest BCUT2D eigenvalue weighted by Crippen LogP contribution is 2.46. The number of rotatable bonds is 38. The lowest BCUT2D eigenvalue weighted by Crippen LogP contribution is -2.55. The summed E-state index contributed by atoms with van der Waals surface area (Å²) in [5.74, 6) is -3.94. The minimum Gasteiger partial charge on any atom is -0.451 e. The molecule has 0 aliphatic carbocycles. The number of nitrogens with two attached hydrogens (primary N) is 1. The van der Waals surface area contributed by atoms with E-state index in [1.165, 1.54) is 36.4 Å². The number of anilines is 3. The lowest BCUT2D eigenvalue weighted by atomic mass is 9.95. The molecule has 1 fully saturated rings. The number of benzene rings is 4. The second-order valence-electron chi connectivity index (χ2n) is 23.4. The number of urea groups is 1. The number of carbonyl (C=O) groups excluding carboxylic acids is 11. The molecule has 31 heteroatoms. The topological polar surface area (TPSA) is 391 Å². The zero-order valence-electron chi connectivity index (χ0n) is 54.7. The molecule has 11 N–H and O–H groups in total. The third kappa shape index (κ3) is 22.0. The zero-order chi connectivity index (χ0) is 69.9. The van der Waals surface area contributed by atoms with Gasteiger partial charge in [0.05, 0.1) is 71.1 Å². The first-order chi connectivity index (χ1) is 47.4. The van der Waals surface area contributed by atoms with E-state index in [-0.39, 0.29) is 139 Å². The van der Waals surface area contributed by atoms with Crippen LogP contribution in [0.25, 0.3) is 21.7 Å². The number of nitrogens with zero attached hydrogens (tertiary/aromatic N) is 3. The lowest BCUT2D eigenvalue weighted by Gasteiger charge is -2.27. The van der Waals surface area contributed by atoms with Gasteiger partial charge in [0, 0.05) is 136 Å². The van der Waals surface area contributed by atoms with E-state index in [0.717, 1.165) is 21.2 Å². The molecule has 1 saturated heterocycles. The monoisotopic (exact) mass is 1380 g/mol. The van der Waals surface area contributed by atoms with E-state index >= 15 is 0 Å². The molecule has 5 aromatic rings. The molecule has 0 spiro atoms. The van der Waals surface area contributed by atoms with Crippen LogP contribution in [0.5, 0.6) is 5.75 Å². The molecule has 4 aromatic carbocycles. The lowest BCUT2D eigenvalue weighted by molar-refractivity contribution is -0.137. The van der Waals surface area contributed by atoms with Crippen LogP contribution in [-0.4, -0.2) is 218 Å². The highest BCUT2D eigenvalue weighted by Gasteiger charge is 2.37. The Balaban J connectivity index is 0.720. The van der Waals surface area contributed by atoms with Gasteiger partial charge in [-0.15, -0.1) is 11.6 Å². The van der Waals surface area contributed by atoms with Crippen LogP contribution in [0.15, 0.2) is 95.4 Å². The van der Waals surface area contributed by atoms with E-state index in [0.29, 0.717) is 86.4 Å². The molecular weight excluding hydrogens is 1290 g/mol. The summed E-state index contributed by atoms with van der Waals surface area (Å²) in [5.41, 5.74) is 8.03. The maximum Gasteiger partial charge on any atom is 0.415 e. The van der Waals surface area contributed by atoms with Crippen molar-refractivity contribution in [2.75, 3.05) is 146 Å². The SMILES string of the molecule is CC(C)[C@H](NCC(=O)NCCNC(=O)CCOCCOCCOCCOCCNC(=O)CCN1C(=O)C=CC1=O)C(=O)NC(CCCNC(N)=O)C(=O)Nc1ccc(C(=O)Nc2ccc3oc(C(=O)N4C[C@@H](CCl)c5c4cc(OC(=O)N4CCNCC4)c4ccccc54)cc3c2)cc1. The van der Waals surface area contributed by atoms with Crippen molar-refractivity contribution in [1.29, 1.82) is 0 Å². The molecule has 3 atom stereocenters. The Bertz CT molecular complexity index is 3660. The quantitative estimate of drug-likeness (QED) is 0.0154. The normalized spacial score (nSPS) is 14.9. The number of amides is 12. The summed E-state index contributed by atoms with van der Waals surface area (Å²) < 4.78 is 33.9. The summed E-state index contributed by atoms with van der Waals surface area (Å²) >= 11 is 6.54. The predicted octanol–water partition coefficient (Wildman–Crippen LogP) is 2.83. The summed E-state index contributed by atoms with van der Waals surface area (Å²) in [7, 11) is 0. The fraction of sp³-hybridized carbons (Fsp3) is 0.448. The van der Waals surface area contributed by atoms with E-state index in [1.54, 1.807) is 54.0 Å². The average Bonchev–Trinajstić information content (AvgIpc) is 1.56. The first kappa shape index (κ1) is 74.2. The molecule has 1 aromatic heterocycles. The van der Waals surface area contributed by atoms with Crippen molar-refractivity contribution >= 4 is 116 Å². The van der Waals surface area contributed by atoms with Crippen LogP contribution in [0.1, 0.15) is 71.9 Å². The summed E-state index contributed by atoms with van der Waals surface area (Å²) in [6, 6.07) is 19.1. The first-order valence-electron chi connectivity index (χ1n) is 32.5. The molecule has 526 valence electrons. The Hall–Kier alpha value is -9.56. The minimum atomic E-state index is -1.11. The first-order valence-corrected chi connectivity index (χ1v) is 33.0. The number of piperazine rings is 1. The van der Waals surface area contributed by atoms with Gasteiger partial charge in [0.1, 0.15) is 17.4 Å². The highest BCUT2D eigenvalue weighted by atomic mass is 35.5. The van der Waals surface area contributed by atoms with Gasteiger partial charge in [0.25, 0.3) is 23.6 Å². The smallest absolute Gasteiger partial charge is 0.415 e. The fourth-order valence-electron chi connectivity index (χ4n) is 10.9. The number of alkyl halides is 1. The van der Waals surface area contributed by atoms with Gasteiger partial charge in [-0.3, -0.25) is 53.4 Å². The van der Waals surface area contributed by atoms with Crippen molar-refractivity contribution in [3.8, 4) is 5.75 Å². The number of furan rings is 1. The third-order valence-electron chi connectivity index (χ3n) is 16.0. The zero-order valence-corrected chi connectivity index (χ0v) is 55.4. The number of nitrogens with one attached hydrogen (secondary N) is 9. The van der Waals surface area contributed by atoms with Crippen LogP contribution in [0, 0.1) is 5.92 Å². The van der Waals surface area contributed by atoms with Gasteiger partial charge >= 0.3 is 12.1 Å². The van der Waals surface area contributed by atoms with E-state index in [1.807, 2.05) is 24.3 Å². The van der Waals surface area contributed by atoms with Crippen LogP contribution >= 0.6 is 11.6 Å². The second-order valence-corrected chi connectivity index (χ2v) is 23.7. The van der Waals surface area contributed by atoms with Crippen molar-refractivity contribution in [2.24, 2.45) is 11.7 Å². The second kappa shape index (κ2) is 37.8. The van der Waals surface area contributed by atoms with Crippen molar-refractivity contribution in [2.45, 2.75) is 57.5 Å². The Kier molecular flexibility index (Phi) is 28.6. The number of carbonyl (C=O) groups is 11. The number of hydrogen-bond donors (Lipinski definition) is 10. The highest BCUT2D eigenvalue weighted by molar-refractivity contribution is 6.19. The van der Waals surface area contributed by atoms with Crippen LogP contribution in [0.2, 0.25) is 0 Å². The van der Waals surface area contributed by atoms with Gasteiger partial charge in [-0.2, -0.15) is 0 Å². The van der Waals surface area contributed by atoms with E-state index in [2.05, 4.69) is 47.9 Å². The Morgan fingerprint density at radius 3 is 1.99 bits per heavy atom. The van der Waals surface area contributed by atoms with Crippen LogP contribution in [0.4, 0.5) is 26.7 Å². The van der Waals surface area contributed by atoms with Crippen LogP contribution in [0.3, 0.4) is 0 Å². The molecule has 30 nitrogen and oxygen atoms in total. The van der Waals surface area contributed by atoms with Crippen molar-refractivity contribution in [1.82, 2.24) is 47.0 Å². The van der Waals surface area contributed by atoms with E-state index < -0.39 is 65.6 Å². The number of ether oxygens (including phenoxy) is 5. The molecule has 1 unspecified atom stereocenters. The summed E-state index contributed by atoms with van der Waals surface area (Å²) in [5, 5.41) is 27.2. The third-order valence-corrected chi connectivity index (χ3v) is 16.3. The molecule has 98 heavy (non-hydrogen) atoms. The van der Waals surface area contributed by atoms with Gasteiger partial charge in [-0.1, -0.05) is 38.1 Å². The molecule has 0 saturated carbocycles. The molecule has 12 amide bonds. The van der Waals surface area contributed by atoms with E-state index in [9.17, 15) is 52.7 Å². The summed E-state index contributed by atoms with van der Waals surface area (Å²) in [6.07, 6.45) is 2.28. The van der Waals surface area contributed by atoms with Crippen molar-refractivity contribution < 1.29 is 80.8 Å². The van der Waals surface area contributed by atoms with Gasteiger partial charge in [0.2, 0.25) is 29.5 Å². The fourth-order valence-corrected chi connectivity index (χ4v) is 11.1. The molecule has 4 heterocycles. The molecule has 3 aliphatic rings.